The number of hydrogen-bond acceptors (Lipinski definition) is 4. The van der Waals surface area contributed by atoms with Gasteiger partial charge in [-0.1, -0.05) is 6.42 Å². The van der Waals surface area contributed by atoms with E-state index >= 15 is 0 Å². The Morgan fingerprint density at radius 1 is 1.20 bits per heavy atom. The Morgan fingerprint density at radius 2 is 1.95 bits per heavy atom. The number of aromatic nitrogens is 2. The zero-order valence-electron chi connectivity index (χ0n) is 11.5. The maximum atomic E-state index is 5.77. The first-order chi connectivity index (χ1) is 9.86. The molecule has 5 heteroatoms. The molecule has 2 aromatic rings. The largest absolute Gasteiger partial charge is 0.486 e. The lowest BCUT2D eigenvalue weighted by Gasteiger charge is -2.25. The normalized spacial score (nSPS) is 18.2. The molecule has 0 bridgehead atoms. The molecule has 1 fully saturated rings. The van der Waals surface area contributed by atoms with Crippen LogP contribution >= 0.6 is 0 Å². The van der Waals surface area contributed by atoms with E-state index in [0.717, 1.165) is 29.1 Å². The van der Waals surface area contributed by atoms with Crippen LogP contribution in [0.2, 0.25) is 0 Å². The van der Waals surface area contributed by atoms with Crippen molar-refractivity contribution in [1.82, 2.24) is 9.55 Å². The first kappa shape index (κ1) is 12.0. The Labute approximate surface area is 117 Å². The van der Waals surface area contributed by atoms with Crippen LogP contribution in [0.3, 0.4) is 0 Å². The summed E-state index contributed by atoms with van der Waals surface area (Å²) in [5.74, 6) is 3.40. The zero-order chi connectivity index (χ0) is 13.5. The first-order valence-corrected chi connectivity index (χ1v) is 7.36. The Balaban J connectivity index is 1.87. The molecule has 1 aliphatic carbocycles. The highest BCUT2D eigenvalue weighted by atomic mass is 16.6. The zero-order valence-corrected chi connectivity index (χ0v) is 11.5. The van der Waals surface area contributed by atoms with Crippen molar-refractivity contribution in [3.8, 4) is 11.5 Å². The van der Waals surface area contributed by atoms with Crippen LogP contribution in [0.15, 0.2) is 12.1 Å². The van der Waals surface area contributed by atoms with Crippen molar-refractivity contribution < 1.29 is 9.47 Å². The minimum atomic E-state index is 0.591. The average Bonchev–Trinajstić information content (AvgIpc) is 2.73. The van der Waals surface area contributed by atoms with Crippen molar-refractivity contribution in [3.05, 3.63) is 18.0 Å². The van der Waals surface area contributed by atoms with E-state index in [1.165, 1.54) is 25.1 Å². The van der Waals surface area contributed by atoms with Gasteiger partial charge in [0.1, 0.15) is 19.0 Å². The summed E-state index contributed by atoms with van der Waals surface area (Å²) in [6.45, 7) is 2.65. The molecule has 2 heterocycles. The lowest BCUT2D eigenvalue weighted by Crippen LogP contribution is -2.19. The van der Waals surface area contributed by atoms with Crippen LogP contribution in [0.25, 0.3) is 11.0 Å². The Kier molecular flexibility index (Phi) is 2.80. The van der Waals surface area contributed by atoms with Gasteiger partial charge in [0.25, 0.3) is 0 Å². The summed E-state index contributed by atoms with van der Waals surface area (Å²) in [6, 6.07) is 4.05. The van der Waals surface area contributed by atoms with Crippen molar-refractivity contribution in [2.75, 3.05) is 19.8 Å². The molecule has 1 aliphatic heterocycles. The Bertz CT molecular complexity index is 646. The van der Waals surface area contributed by atoms with E-state index < -0.39 is 0 Å². The van der Waals surface area contributed by atoms with E-state index in [4.69, 9.17) is 20.2 Å². The third-order valence-electron chi connectivity index (χ3n) is 4.26. The minimum absolute atomic E-state index is 0.591. The van der Waals surface area contributed by atoms with Gasteiger partial charge in [-0.3, -0.25) is 0 Å². The topological polar surface area (TPSA) is 62.3 Å². The van der Waals surface area contributed by atoms with Gasteiger partial charge in [0.15, 0.2) is 11.5 Å². The summed E-state index contributed by atoms with van der Waals surface area (Å²) in [5, 5.41) is 0. The quantitative estimate of drug-likeness (QED) is 0.929. The Morgan fingerprint density at radius 3 is 2.60 bits per heavy atom. The predicted molar refractivity (Wildman–Crippen MR) is 76.4 cm³/mol. The van der Waals surface area contributed by atoms with Gasteiger partial charge < -0.3 is 19.8 Å². The second kappa shape index (κ2) is 4.66. The highest BCUT2D eigenvalue weighted by Gasteiger charge is 2.26. The fourth-order valence-electron chi connectivity index (χ4n) is 3.02. The molecular formula is C15H19N3O2. The minimum Gasteiger partial charge on any atom is -0.486 e. The monoisotopic (exact) mass is 273 g/mol. The number of hydrogen-bond donors (Lipinski definition) is 1. The third-order valence-corrected chi connectivity index (χ3v) is 4.26. The summed E-state index contributed by atoms with van der Waals surface area (Å²) in [4.78, 5) is 4.83. The van der Waals surface area contributed by atoms with Crippen LogP contribution in [0.5, 0.6) is 11.5 Å². The van der Waals surface area contributed by atoms with Crippen molar-refractivity contribution >= 4 is 11.0 Å². The smallest absolute Gasteiger partial charge is 0.163 e. The van der Waals surface area contributed by atoms with E-state index in [0.29, 0.717) is 25.7 Å². The van der Waals surface area contributed by atoms with E-state index in [-0.39, 0.29) is 0 Å². The second-order valence-corrected chi connectivity index (χ2v) is 5.52. The molecule has 1 saturated carbocycles. The molecule has 20 heavy (non-hydrogen) atoms. The summed E-state index contributed by atoms with van der Waals surface area (Å²) < 4.78 is 13.6. The summed E-state index contributed by atoms with van der Waals surface area (Å²) in [6.07, 6.45) is 3.78. The Hall–Kier alpha value is -1.75. The number of rotatable bonds is 3. The van der Waals surface area contributed by atoms with Gasteiger partial charge in [0.2, 0.25) is 0 Å². The van der Waals surface area contributed by atoms with E-state index in [9.17, 15) is 0 Å². The SMILES string of the molecule is NCCn1c(C2CCC2)nc2cc3c(cc21)OCCO3. The van der Waals surface area contributed by atoms with Crippen LogP contribution in [0.1, 0.15) is 31.0 Å². The van der Waals surface area contributed by atoms with Gasteiger partial charge in [-0.05, 0) is 12.8 Å². The highest BCUT2D eigenvalue weighted by molar-refractivity contribution is 5.81. The van der Waals surface area contributed by atoms with Crippen LogP contribution in [0.4, 0.5) is 0 Å². The van der Waals surface area contributed by atoms with Crippen molar-refractivity contribution in [2.24, 2.45) is 5.73 Å². The predicted octanol–water partition coefficient (Wildman–Crippen LogP) is 2.03. The highest BCUT2D eigenvalue weighted by Crippen LogP contribution is 2.40. The fourth-order valence-corrected chi connectivity index (χ4v) is 3.02. The lowest BCUT2D eigenvalue weighted by molar-refractivity contribution is 0.172. The molecule has 2 N–H and O–H groups in total. The van der Waals surface area contributed by atoms with E-state index in [1.54, 1.807) is 0 Å². The van der Waals surface area contributed by atoms with Crippen LogP contribution < -0.4 is 15.2 Å². The molecule has 0 saturated heterocycles. The molecule has 0 atom stereocenters. The molecule has 0 unspecified atom stereocenters. The van der Waals surface area contributed by atoms with Crippen molar-refractivity contribution in [1.29, 1.82) is 0 Å². The molecule has 2 aliphatic rings. The molecule has 0 radical (unpaired) electrons. The number of nitrogens with two attached hydrogens (primary N) is 1. The number of nitrogens with zero attached hydrogens (tertiary/aromatic N) is 2. The van der Waals surface area contributed by atoms with Crippen LogP contribution in [-0.2, 0) is 6.54 Å². The van der Waals surface area contributed by atoms with Crippen LogP contribution in [-0.4, -0.2) is 29.3 Å². The summed E-state index contributed by atoms with van der Waals surface area (Å²) >= 11 is 0. The molecular weight excluding hydrogens is 254 g/mol. The summed E-state index contributed by atoms with van der Waals surface area (Å²) in [7, 11) is 0. The van der Waals surface area contributed by atoms with Gasteiger partial charge in [0, 0.05) is 31.1 Å². The molecule has 0 amide bonds. The van der Waals surface area contributed by atoms with E-state index in [1.807, 2.05) is 6.07 Å². The molecule has 1 aromatic heterocycles. The number of benzene rings is 1. The second-order valence-electron chi connectivity index (χ2n) is 5.52. The van der Waals surface area contributed by atoms with Gasteiger partial charge in [0.05, 0.1) is 11.0 Å². The van der Waals surface area contributed by atoms with Gasteiger partial charge in [-0.25, -0.2) is 4.98 Å². The van der Waals surface area contributed by atoms with Crippen LogP contribution in [0, 0.1) is 0 Å². The standard InChI is InChI=1S/C15H19N3O2/c16-4-5-18-12-9-14-13(19-6-7-20-14)8-11(12)17-15(18)10-2-1-3-10/h8-10H,1-7,16H2. The first-order valence-electron chi connectivity index (χ1n) is 7.36. The maximum absolute atomic E-state index is 5.77. The molecule has 106 valence electrons. The van der Waals surface area contributed by atoms with Gasteiger partial charge >= 0.3 is 0 Å². The van der Waals surface area contributed by atoms with Gasteiger partial charge in [-0.15, -0.1) is 0 Å². The molecule has 1 aromatic carbocycles. The van der Waals surface area contributed by atoms with Gasteiger partial charge in [-0.2, -0.15) is 0 Å². The average molecular weight is 273 g/mol. The fraction of sp³-hybridized carbons (Fsp3) is 0.533. The summed E-state index contributed by atoms with van der Waals surface area (Å²) in [5.41, 5.74) is 7.88. The maximum Gasteiger partial charge on any atom is 0.163 e. The third kappa shape index (κ3) is 1.77. The van der Waals surface area contributed by atoms with Crippen molar-refractivity contribution in [2.45, 2.75) is 31.7 Å². The molecule has 0 spiro atoms. The lowest BCUT2D eigenvalue weighted by atomic mass is 9.85. The number of fused-ring (bicyclic) bond motifs is 2. The van der Waals surface area contributed by atoms with E-state index in [2.05, 4.69) is 10.6 Å². The number of ether oxygens (including phenoxy) is 2. The molecule has 5 nitrogen and oxygen atoms in total. The van der Waals surface area contributed by atoms with Crippen molar-refractivity contribution in [3.63, 3.8) is 0 Å². The number of imidazole rings is 1. The molecule has 4 rings (SSSR count).